The maximum atomic E-state index is 14.4. The largest absolute Gasteiger partial charge is 0.372 e. The SMILES string of the molecule is Cn1ncc(NC(=O)c2ccc(F)c(-c3c(F)cc(Cl)cc3F)n2)c1C1CCC(N)CCO1. The molecule has 3 aromatic rings. The van der Waals surface area contributed by atoms with Crippen molar-refractivity contribution >= 4 is 23.2 Å². The normalized spacial score (nSPS) is 18.7. The molecule has 1 aromatic carbocycles. The summed E-state index contributed by atoms with van der Waals surface area (Å²) in [7, 11) is 1.72. The van der Waals surface area contributed by atoms with Crippen molar-refractivity contribution in [3.8, 4) is 11.3 Å². The number of nitrogens with two attached hydrogens (primary N) is 1. The second-order valence-electron chi connectivity index (χ2n) is 7.78. The standard InChI is InChI=1S/C22H21ClF3N5O2/c1-31-21(18-5-2-12(27)6-7-33-18)17(10-28-31)30-22(32)16-4-3-13(24)20(29-16)19-14(25)8-11(23)9-15(19)26/h3-4,8-10,12,18H,2,5-7,27H2,1H3,(H,30,32). The van der Waals surface area contributed by atoms with E-state index in [4.69, 9.17) is 22.1 Å². The molecule has 0 spiro atoms. The third-order valence-electron chi connectivity index (χ3n) is 5.47. The van der Waals surface area contributed by atoms with Gasteiger partial charge in [0.1, 0.15) is 34.9 Å². The number of ether oxygens (including phenoxy) is 1. The molecule has 0 aliphatic carbocycles. The molecule has 2 unspecified atom stereocenters. The molecule has 2 atom stereocenters. The molecule has 174 valence electrons. The van der Waals surface area contributed by atoms with Crippen LogP contribution in [0, 0.1) is 17.5 Å². The van der Waals surface area contributed by atoms with Crippen LogP contribution < -0.4 is 11.1 Å². The van der Waals surface area contributed by atoms with Crippen LogP contribution in [-0.4, -0.2) is 33.3 Å². The molecule has 11 heteroatoms. The van der Waals surface area contributed by atoms with Gasteiger partial charge >= 0.3 is 0 Å². The van der Waals surface area contributed by atoms with Gasteiger partial charge in [-0.3, -0.25) is 9.48 Å². The number of rotatable bonds is 4. The number of carbonyl (C=O) groups excluding carboxylic acids is 1. The van der Waals surface area contributed by atoms with E-state index < -0.39 is 34.6 Å². The Kier molecular flexibility index (Phi) is 6.68. The Morgan fingerprint density at radius 1 is 1.18 bits per heavy atom. The molecule has 33 heavy (non-hydrogen) atoms. The maximum Gasteiger partial charge on any atom is 0.274 e. The second-order valence-corrected chi connectivity index (χ2v) is 8.21. The van der Waals surface area contributed by atoms with Gasteiger partial charge in [0, 0.05) is 24.7 Å². The number of amides is 1. The van der Waals surface area contributed by atoms with Gasteiger partial charge in [-0.1, -0.05) is 11.6 Å². The molecule has 0 bridgehead atoms. The summed E-state index contributed by atoms with van der Waals surface area (Å²) in [6, 6.07) is 3.77. The Bertz CT molecular complexity index is 1180. The number of carbonyl (C=O) groups is 1. The Balaban J connectivity index is 1.63. The highest BCUT2D eigenvalue weighted by Crippen LogP contribution is 2.33. The van der Waals surface area contributed by atoms with Crippen LogP contribution in [0.4, 0.5) is 18.9 Å². The van der Waals surface area contributed by atoms with Crippen LogP contribution in [0.5, 0.6) is 0 Å². The summed E-state index contributed by atoms with van der Waals surface area (Å²) in [6.45, 7) is 0.478. The van der Waals surface area contributed by atoms with Gasteiger partial charge in [-0.05, 0) is 43.5 Å². The zero-order valence-electron chi connectivity index (χ0n) is 17.6. The van der Waals surface area contributed by atoms with Gasteiger partial charge in [-0.25, -0.2) is 18.2 Å². The number of anilines is 1. The van der Waals surface area contributed by atoms with Crippen LogP contribution in [0.1, 0.15) is 41.5 Å². The van der Waals surface area contributed by atoms with E-state index in [-0.39, 0.29) is 22.9 Å². The molecule has 7 nitrogen and oxygen atoms in total. The number of pyridine rings is 1. The number of hydrogen-bond acceptors (Lipinski definition) is 5. The fourth-order valence-electron chi connectivity index (χ4n) is 3.79. The first-order valence-electron chi connectivity index (χ1n) is 10.3. The van der Waals surface area contributed by atoms with Crippen LogP contribution in [0.25, 0.3) is 11.3 Å². The first kappa shape index (κ1) is 23.2. The third kappa shape index (κ3) is 4.87. The molecule has 4 rings (SSSR count). The van der Waals surface area contributed by atoms with Gasteiger partial charge in [0.2, 0.25) is 0 Å². The van der Waals surface area contributed by atoms with E-state index in [2.05, 4.69) is 15.4 Å². The van der Waals surface area contributed by atoms with E-state index in [1.165, 1.54) is 6.20 Å². The predicted octanol–water partition coefficient (Wildman–Crippen LogP) is 4.37. The minimum absolute atomic E-state index is 0.0387. The fourth-order valence-corrected chi connectivity index (χ4v) is 3.99. The summed E-state index contributed by atoms with van der Waals surface area (Å²) < 4.78 is 50.5. The molecule has 1 aliphatic rings. The van der Waals surface area contributed by atoms with Crippen molar-refractivity contribution in [3.05, 3.63) is 64.3 Å². The fraction of sp³-hybridized carbons (Fsp3) is 0.318. The molecular weight excluding hydrogens is 459 g/mol. The molecule has 3 N–H and O–H groups in total. The van der Waals surface area contributed by atoms with Crippen molar-refractivity contribution in [2.24, 2.45) is 12.8 Å². The summed E-state index contributed by atoms with van der Waals surface area (Å²) in [6.07, 6.45) is 3.28. The lowest BCUT2D eigenvalue weighted by atomic mass is 10.1. The average Bonchev–Trinajstić information content (AvgIpc) is 2.96. The van der Waals surface area contributed by atoms with E-state index in [1.807, 2.05) is 0 Å². The average molecular weight is 480 g/mol. The van der Waals surface area contributed by atoms with Gasteiger partial charge in [-0.15, -0.1) is 0 Å². The quantitative estimate of drug-likeness (QED) is 0.579. The summed E-state index contributed by atoms with van der Waals surface area (Å²) in [5.74, 6) is -3.88. The molecule has 1 aliphatic heterocycles. The number of aryl methyl sites for hydroxylation is 1. The first-order valence-corrected chi connectivity index (χ1v) is 10.6. The van der Waals surface area contributed by atoms with Gasteiger partial charge < -0.3 is 15.8 Å². The number of halogens is 4. The zero-order chi connectivity index (χ0) is 23.7. The van der Waals surface area contributed by atoms with Crippen LogP contribution in [0.15, 0.2) is 30.5 Å². The van der Waals surface area contributed by atoms with E-state index in [9.17, 15) is 18.0 Å². The van der Waals surface area contributed by atoms with Crippen molar-refractivity contribution in [2.45, 2.75) is 31.4 Å². The highest BCUT2D eigenvalue weighted by molar-refractivity contribution is 6.30. The van der Waals surface area contributed by atoms with E-state index in [1.54, 1.807) is 11.7 Å². The second kappa shape index (κ2) is 9.50. The van der Waals surface area contributed by atoms with E-state index in [0.717, 1.165) is 37.1 Å². The highest BCUT2D eigenvalue weighted by Gasteiger charge is 2.26. The molecule has 1 saturated heterocycles. The zero-order valence-corrected chi connectivity index (χ0v) is 18.4. The van der Waals surface area contributed by atoms with E-state index >= 15 is 0 Å². The van der Waals surface area contributed by atoms with Crippen LogP contribution in [-0.2, 0) is 11.8 Å². The van der Waals surface area contributed by atoms with Crippen molar-refractivity contribution in [3.63, 3.8) is 0 Å². The van der Waals surface area contributed by atoms with Crippen molar-refractivity contribution < 1.29 is 22.7 Å². The predicted molar refractivity (Wildman–Crippen MR) is 116 cm³/mol. The smallest absolute Gasteiger partial charge is 0.274 e. The minimum atomic E-state index is -1.10. The Morgan fingerprint density at radius 3 is 2.64 bits per heavy atom. The van der Waals surface area contributed by atoms with Crippen LogP contribution in [0.3, 0.4) is 0 Å². The minimum Gasteiger partial charge on any atom is -0.372 e. The number of benzene rings is 1. The molecular formula is C22H21ClF3N5O2. The number of nitrogens with one attached hydrogen (secondary N) is 1. The van der Waals surface area contributed by atoms with Gasteiger partial charge in [0.25, 0.3) is 5.91 Å². The maximum absolute atomic E-state index is 14.4. The monoisotopic (exact) mass is 479 g/mol. The molecule has 3 heterocycles. The molecule has 2 aromatic heterocycles. The summed E-state index contributed by atoms with van der Waals surface area (Å²) in [5.41, 5.74) is 5.47. The van der Waals surface area contributed by atoms with Crippen molar-refractivity contribution in [1.82, 2.24) is 14.8 Å². The lowest BCUT2D eigenvalue weighted by molar-refractivity contribution is 0.0529. The van der Waals surface area contributed by atoms with Crippen molar-refractivity contribution in [1.29, 1.82) is 0 Å². The lowest BCUT2D eigenvalue weighted by Crippen LogP contribution is -2.19. The molecule has 0 radical (unpaired) electrons. The van der Waals surface area contributed by atoms with Crippen LogP contribution in [0.2, 0.25) is 5.02 Å². The third-order valence-corrected chi connectivity index (χ3v) is 5.69. The van der Waals surface area contributed by atoms with Gasteiger partial charge in [-0.2, -0.15) is 5.10 Å². The topological polar surface area (TPSA) is 95.1 Å². The summed E-state index contributed by atoms with van der Waals surface area (Å²) >= 11 is 5.64. The number of aromatic nitrogens is 3. The highest BCUT2D eigenvalue weighted by atomic mass is 35.5. The van der Waals surface area contributed by atoms with E-state index in [0.29, 0.717) is 24.4 Å². The lowest BCUT2D eigenvalue weighted by Gasteiger charge is -2.17. The summed E-state index contributed by atoms with van der Waals surface area (Å²) in [4.78, 5) is 16.8. The van der Waals surface area contributed by atoms with Crippen LogP contribution >= 0.6 is 11.6 Å². The summed E-state index contributed by atoms with van der Waals surface area (Å²) in [5, 5.41) is 6.70. The Labute approximate surface area is 192 Å². The first-order chi connectivity index (χ1) is 15.7. The van der Waals surface area contributed by atoms with Gasteiger partial charge in [0.15, 0.2) is 0 Å². The Hall–Kier alpha value is -2.95. The molecule has 0 saturated carbocycles. The molecule has 1 amide bonds. The Morgan fingerprint density at radius 2 is 1.91 bits per heavy atom. The number of nitrogens with zero attached hydrogens (tertiary/aromatic N) is 3. The molecule has 1 fully saturated rings. The number of hydrogen-bond donors (Lipinski definition) is 2. The van der Waals surface area contributed by atoms with Gasteiger partial charge in [0.05, 0.1) is 23.1 Å². The van der Waals surface area contributed by atoms with Crippen molar-refractivity contribution in [2.75, 3.05) is 11.9 Å².